The summed E-state index contributed by atoms with van der Waals surface area (Å²) in [6.45, 7) is 5.13. The van der Waals surface area contributed by atoms with Crippen LogP contribution in [0.4, 0.5) is 0 Å². The van der Waals surface area contributed by atoms with Crippen LogP contribution in [0.15, 0.2) is 0 Å². The van der Waals surface area contributed by atoms with Crippen LogP contribution in [0, 0.1) is 0 Å². The monoisotopic (exact) mass is 228 g/mol. The molecule has 0 aromatic carbocycles. The lowest BCUT2D eigenvalue weighted by molar-refractivity contribution is -0.135. The van der Waals surface area contributed by atoms with Crippen molar-refractivity contribution in [2.75, 3.05) is 13.1 Å². The van der Waals surface area contributed by atoms with Crippen LogP contribution >= 0.6 is 0 Å². The maximum Gasteiger partial charge on any atom is 0.251 e. The Kier molecular flexibility index (Phi) is 4.70. The number of amides is 2. The first-order valence-electron chi connectivity index (χ1n) is 5.69. The quantitative estimate of drug-likeness (QED) is 0.326. The molecule has 6 heteroatoms. The molecule has 2 unspecified atom stereocenters. The van der Waals surface area contributed by atoms with Gasteiger partial charge in [0.15, 0.2) is 0 Å². The fourth-order valence-corrected chi connectivity index (χ4v) is 2.19. The van der Waals surface area contributed by atoms with Gasteiger partial charge in [0.05, 0.1) is 12.1 Å². The third-order valence-corrected chi connectivity index (χ3v) is 2.99. The summed E-state index contributed by atoms with van der Waals surface area (Å²) < 4.78 is 0. The molecule has 1 fully saturated rings. The Bertz CT molecular complexity index is 270. The Hall–Kier alpha value is -1.14. The largest absolute Gasteiger partial charge is 0.353 e. The van der Waals surface area contributed by atoms with Crippen LogP contribution in [0.2, 0.25) is 0 Å². The van der Waals surface area contributed by atoms with Gasteiger partial charge in [-0.2, -0.15) is 0 Å². The highest BCUT2D eigenvalue weighted by Crippen LogP contribution is 2.14. The van der Waals surface area contributed by atoms with Gasteiger partial charge in [-0.15, -0.1) is 0 Å². The van der Waals surface area contributed by atoms with E-state index in [1.54, 1.807) is 0 Å². The minimum absolute atomic E-state index is 0.00276. The minimum atomic E-state index is -0.319. The molecule has 0 saturated carbocycles. The average Bonchev–Trinajstić information content (AvgIpc) is 2.30. The van der Waals surface area contributed by atoms with Crippen molar-refractivity contribution in [3.05, 3.63) is 0 Å². The zero-order valence-electron chi connectivity index (χ0n) is 9.82. The number of nitrogens with two attached hydrogens (primary N) is 1. The molecule has 0 spiro atoms. The number of hydrazine groups is 1. The number of rotatable bonds is 4. The Morgan fingerprint density at radius 2 is 2.38 bits per heavy atom. The molecule has 92 valence electrons. The Labute approximate surface area is 95.5 Å². The zero-order valence-corrected chi connectivity index (χ0v) is 9.82. The first-order chi connectivity index (χ1) is 7.65. The average molecular weight is 228 g/mol. The van der Waals surface area contributed by atoms with Crippen LogP contribution in [-0.4, -0.2) is 41.9 Å². The van der Waals surface area contributed by atoms with Crippen LogP contribution in [0.1, 0.15) is 26.7 Å². The molecular formula is C10H20N4O2. The van der Waals surface area contributed by atoms with Crippen molar-refractivity contribution in [1.29, 1.82) is 0 Å². The lowest BCUT2D eigenvalue weighted by atomic mass is 10.0. The highest BCUT2D eigenvalue weighted by molar-refractivity contribution is 5.85. The van der Waals surface area contributed by atoms with Crippen molar-refractivity contribution < 1.29 is 9.59 Å². The molecule has 2 amide bonds. The topological polar surface area (TPSA) is 87.5 Å². The van der Waals surface area contributed by atoms with E-state index in [-0.39, 0.29) is 23.9 Å². The van der Waals surface area contributed by atoms with E-state index in [1.807, 2.05) is 18.7 Å². The maximum atomic E-state index is 11.7. The van der Waals surface area contributed by atoms with Gasteiger partial charge >= 0.3 is 0 Å². The van der Waals surface area contributed by atoms with Crippen molar-refractivity contribution in [2.24, 2.45) is 5.84 Å². The van der Waals surface area contributed by atoms with Gasteiger partial charge in [-0.1, -0.05) is 13.8 Å². The molecule has 1 saturated heterocycles. The Balaban J connectivity index is 2.81. The molecule has 1 heterocycles. The maximum absolute atomic E-state index is 11.7. The van der Waals surface area contributed by atoms with Gasteiger partial charge in [-0.25, -0.2) is 5.84 Å². The van der Waals surface area contributed by atoms with E-state index in [1.165, 1.54) is 0 Å². The molecular weight excluding hydrogens is 208 g/mol. The predicted octanol–water partition coefficient (Wildman–Crippen LogP) is -1.03. The summed E-state index contributed by atoms with van der Waals surface area (Å²) in [5.41, 5.74) is 2.16. The smallest absolute Gasteiger partial charge is 0.251 e. The van der Waals surface area contributed by atoms with Crippen LogP contribution in [0.3, 0.4) is 0 Å². The molecule has 0 aromatic rings. The summed E-state index contributed by atoms with van der Waals surface area (Å²) >= 11 is 0. The van der Waals surface area contributed by atoms with Crippen LogP contribution in [0.25, 0.3) is 0 Å². The van der Waals surface area contributed by atoms with E-state index < -0.39 is 0 Å². The zero-order chi connectivity index (χ0) is 12.1. The molecule has 0 radical (unpaired) electrons. The van der Waals surface area contributed by atoms with Crippen molar-refractivity contribution in [3.8, 4) is 0 Å². The fourth-order valence-electron chi connectivity index (χ4n) is 2.19. The molecule has 6 nitrogen and oxygen atoms in total. The summed E-state index contributed by atoms with van der Waals surface area (Å²) in [5, 5.41) is 2.81. The minimum Gasteiger partial charge on any atom is -0.353 e. The molecule has 1 aliphatic heterocycles. The SMILES string of the molecule is CCC(C(=O)NN)N1CCNC(=O)C1CC. The molecule has 16 heavy (non-hydrogen) atoms. The molecule has 2 atom stereocenters. The van der Waals surface area contributed by atoms with Crippen LogP contribution in [-0.2, 0) is 9.59 Å². The van der Waals surface area contributed by atoms with Gasteiger partial charge in [-0.3, -0.25) is 19.9 Å². The van der Waals surface area contributed by atoms with E-state index in [0.717, 1.165) is 0 Å². The van der Waals surface area contributed by atoms with Gasteiger partial charge in [-0.05, 0) is 12.8 Å². The van der Waals surface area contributed by atoms with Crippen molar-refractivity contribution in [3.63, 3.8) is 0 Å². The second-order valence-electron chi connectivity index (χ2n) is 3.89. The third kappa shape index (κ3) is 2.51. The number of carbonyl (C=O) groups excluding carboxylic acids is 2. The van der Waals surface area contributed by atoms with E-state index >= 15 is 0 Å². The first kappa shape index (κ1) is 12.9. The summed E-state index contributed by atoms with van der Waals surface area (Å²) in [5.74, 6) is 4.92. The van der Waals surface area contributed by atoms with E-state index in [4.69, 9.17) is 5.84 Å². The highest BCUT2D eigenvalue weighted by Gasteiger charge is 2.35. The number of nitrogens with one attached hydrogen (secondary N) is 2. The molecule has 4 N–H and O–H groups in total. The van der Waals surface area contributed by atoms with Gasteiger partial charge < -0.3 is 5.32 Å². The number of hydrogen-bond donors (Lipinski definition) is 3. The van der Waals surface area contributed by atoms with Crippen molar-refractivity contribution in [2.45, 2.75) is 38.8 Å². The van der Waals surface area contributed by atoms with Crippen LogP contribution < -0.4 is 16.6 Å². The van der Waals surface area contributed by atoms with Crippen molar-refractivity contribution >= 4 is 11.8 Å². The van der Waals surface area contributed by atoms with Gasteiger partial charge in [0, 0.05) is 13.1 Å². The number of piperazine rings is 1. The summed E-state index contributed by atoms with van der Waals surface area (Å²) in [7, 11) is 0. The molecule has 1 aliphatic rings. The Morgan fingerprint density at radius 1 is 1.69 bits per heavy atom. The summed E-state index contributed by atoms with van der Waals surface area (Å²) in [4.78, 5) is 25.2. The predicted molar refractivity (Wildman–Crippen MR) is 60.2 cm³/mol. The summed E-state index contributed by atoms with van der Waals surface area (Å²) in [6.07, 6.45) is 1.34. The second kappa shape index (κ2) is 5.81. The van der Waals surface area contributed by atoms with Gasteiger partial charge in [0.1, 0.15) is 0 Å². The van der Waals surface area contributed by atoms with E-state index in [2.05, 4.69) is 10.7 Å². The Morgan fingerprint density at radius 3 is 2.88 bits per heavy atom. The van der Waals surface area contributed by atoms with Gasteiger partial charge in [0.25, 0.3) is 5.91 Å². The van der Waals surface area contributed by atoms with E-state index in [9.17, 15) is 9.59 Å². The standard InChI is InChI=1S/C10H20N4O2/c1-3-7-9(15)12-5-6-14(7)8(4-2)10(16)13-11/h7-8H,3-6,11H2,1-2H3,(H,12,15)(H,13,16). The molecule has 1 rings (SSSR count). The van der Waals surface area contributed by atoms with E-state index in [0.29, 0.717) is 25.9 Å². The second-order valence-corrected chi connectivity index (χ2v) is 3.89. The summed E-state index contributed by atoms with van der Waals surface area (Å²) in [6, 6.07) is -0.544. The number of nitrogens with zero attached hydrogens (tertiary/aromatic N) is 1. The number of hydrogen-bond acceptors (Lipinski definition) is 4. The molecule has 0 bridgehead atoms. The van der Waals surface area contributed by atoms with Crippen molar-refractivity contribution in [1.82, 2.24) is 15.6 Å². The highest BCUT2D eigenvalue weighted by atomic mass is 16.2. The number of carbonyl (C=O) groups is 2. The first-order valence-corrected chi connectivity index (χ1v) is 5.69. The molecule has 0 aliphatic carbocycles. The lowest BCUT2D eigenvalue weighted by Gasteiger charge is -2.38. The molecule has 0 aromatic heterocycles. The van der Waals surface area contributed by atoms with Gasteiger partial charge in [0.2, 0.25) is 5.91 Å². The fraction of sp³-hybridized carbons (Fsp3) is 0.800. The van der Waals surface area contributed by atoms with Crippen LogP contribution in [0.5, 0.6) is 0 Å². The normalized spacial score (nSPS) is 23.7. The third-order valence-electron chi connectivity index (χ3n) is 2.99. The lowest BCUT2D eigenvalue weighted by Crippen LogP contribution is -2.61.